The van der Waals surface area contributed by atoms with Crippen molar-refractivity contribution >= 4 is 12.1 Å². The van der Waals surface area contributed by atoms with Crippen LogP contribution in [0.1, 0.15) is 21.5 Å². The monoisotopic (exact) mass is 408 g/mol. The third kappa shape index (κ3) is 5.57. The first-order chi connectivity index (χ1) is 14.6. The highest BCUT2D eigenvalue weighted by Gasteiger charge is 2.10. The van der Waals surface area contributed by atoms with E-state index in [9.17, 15) is 9.18 Å². The molecule has 30 heavy (non-hydrogen) atoms. The van der Waals surface area contributed by atoms with Gasteiger partial charge in [-0.05, 0) is 65.7 Å². The number of amides is 1. The number of hydrogen-bond donors (Lipinski definition) is 1. The van der Waals surface area contributed by atoms with Gasteiger partial charge >= 0.3 is 0 Å². The molecule has 0 bridgehead atoms. The van der Waals surface area contributed by atoms with Gasteiger partial charge in [0.25, 0.3) is 5.91 Å². The normalized spacial score (nSPS) is 10.6. The Balaban J connectivity index is 1.54. The van der Waals surface area contributed by atoms with Crippen LogP contribution in [0.5, 0.6) is 17.2 Å². The van der Waals surface area contributed by atoms with Gasteiger partial charge < -0.3 is 14.2 Å². The van der Waals surface area contributed by atoms with Crippen molar-refractivity contribution in [3.8, 4) is 17.2 Å². The van der Waals surface area contributed by atoms with Gasteiger partial charge in [-0.25, -0.2) is 9.82 Å². The summed E-state index contributed by atoms with van der Waals surface area (Å²) in [6.45, 7) is 0.270. The Morgan fingerprint density at radius 2 is 1.77 bits per heavy atom. The van der Waals surface area contributed by atoms with E-state index in [2.05, 4.69) is 10.5 Å². The third-order valence-corrected chi connectivity index (χ3v) is 4.20. The summed E-state index contributed by atoms with van der Waals surface area (Å²) in [6.07, 6.45) is 1.52. The van der Waals surface area contributed by atoms with Gasteiger partial charge in [-0.3, -0.25) is 4.79 Å². The lowest BCUT2D eigenvalue weighted by Crippen LogP contribution is -2.17. The topological polar surface area (TPSA) is 69.2 Å². The predicted molar refractivity (Wildman–Crippen MR) is 112 cm³/mol. The first-order valence-corrected chi connectivity index (χ1v) is 9.12. The van der Waals surface area contributed by atoms with Gasteiger partial charge in [0.05, 0.1) is 20.4 Å². The highest BCUT2D eigenvalue weighted by atomic mass is 19.1. The summed E-state index contributed by atoms with van der Waals surface area (Å²) in [5.74, 6) is 0.978. The second-order valence-corrected chi connectivity index (χ2v) is 6.26. The van der Waals surface area contributed by atoms with Crippen molar-refractivity contribution in [3.63, 3.8) is 0 Å². The standard InChI is InChI=1S/C23H21FN2O4/c1-28-21-11-8-18(13-22(21)29-2)23(27)26-25-14-16-6-9-20(10-7-16)30-15-17-4-3-5-19(24)12-17/h3-14H,15H2,1-2H3,(H,26,27)/b25-14+. The fourth-order valence-electron chi connectivity index (χ4n) is 2.65. The molecule has 1 N–H and O–H groups in total. The van der Waals surface area contributed by atoms with E-state index in [0.717, 1.165) is 11.1 Å². The predicted octanol–water partition coefficient (Wildman–Crippen LogP) is 4.19. The van der Waals surface area contributed by atoms with Crippen molar-refractivity contribution in [1.82, 2.24) is 5.43 Å². The van der Waals surface area contributed by atoms with Crippen LogP contribution in [0.4, 0.5) is 4.39 Å². The number of nitrogens with one attached hydrogen (secondary N) is 1. The zero-order valence-electron chi connectivity index (χ0n) is 16.6. The number of methoxy groups -OCH3 is 2. The van der Waals surface area contributed by atoms with Gasteiger partial charge in [0.15, 0.2) is 11.5 Å². The van der Waals surface area contributed by atoms with E-state index in [1.54, 1.807) is 54.6 Å². The fraction of sp³-hybridized carbons (Fsp3) is 0.130. The van der Waals surface area contributed by atoms with E-state index in [1.807, 2.05) is 0 Å². The van der Waals surface area contributed by atoms with Crippen LogP contribution < -0.4 is 19.6 Å². The molecule has 6 nitrogen and oxygen atoms in total. The molecule has 0 aliphatic rings. The molecule has 0 aromatic heterocycles. The van der Waals surface area contributed by atoms with E-state index >= 15 is 0 Å². The minimum Gasteiger partial charge on any atom is -0.493 e. The molecule has 0 fully saturated rings. The molecule has 7 heteroatoms. The van der Waals surface area contributed by atoms with Crippen LogP contribution in [0.3, 0.4) is 0 Å². The van der Waals surface area contributed by atoms with Crippen LogP contribution >= 0.6 is 0 Å². The number of halogens is 1. The van der Waals surface area contributed by atoms with Gasteiger partial charge in [0.2, 0.25) is 0 Å². The number of carbonyl (C=O) groups is 1. The number of carbonyl (C=O) groups excluding carboxylic acids is 1. The average molecular weight is 408 g/mol. The Morgan fingerprint density at radius 3 is 2.47 bits per heavy atom. The first kappa shape index (κ1) is 20.9. The molecule has 0 heterocycles. The second-order valence-electron chi connectivity index (χ2n) is 6.26. The van der Waals surface area contributed by atoms with Crippen molar-refractivity contribution in [3.05, 3.63) is 89.2 Å². The molecular weight excluding hydrogens is 387 g/mol. The molecule has 1 amide bonds. The summed E-state index contributed by atoms with van der Waals surface area (Å²) in [5, 5.41) is 3.97. The van der Waals surface area contributed by atoms with Gasteiger partial charge in [0.1, 0.15) is 18.2 Å². The summed E-state index contributed by atoms with van der Waals surface area (Å²) >= 11 is 0. The second kappa shape index (κ2) is 10.1. The molecule has 3 aromatic rings. The maximum atomic E-state index is 13.2. The lowest BCUT2D eigenvalue weighted by Gasteiger charge is -2.08. The lowest BCUT2D eigenvalue weighted by molar-refractivity contribution is 0.0954. The number of nitrogens with zero attached hydrogens (tertiary/aromatic N) is 1. The largest absolute Gasteiger partial charge is 0.493 e. The van der Waals surface area contributed by atoms with Crippen LogP contribution in [0, 0.1) is 5.82 Å². The molecule has 154 valence electrons. The smallest absolute Gasteiger partial charge is 0.271 e. The van der Waals surface area contributed by atoms with Crippen molar-refractivity contribution in [1.29, 1.82) is 0 Å². The number of rotatable bonds is 8. The Kier molecular flexibility index (Phi) is 7.00. The van der Waals surface area contributed by atoms with E-state index in [0.29, 0.717) is 22.8 Å². The Morgan fingerprint density at radius 1 is 1.00 bits per heavy atom. The van der Waals surface area contributed by atoms with Crippen LogP contribution in [-0.4, -0.2) is 26.3 Å². The molecule has 0 saturated carbocycles. The maximum absolute atomic E-state index is 13.2. The van der Waals surface area contributed by atoms with Crippen LogP contribution in [0.2, 0.25) is 0 Å². The SMILES string of the molecule is COc1ccc(C(=O)N/N=C/c2ccc(OCc3cccc(F)c3)cc2)cc1OC. The first-order valence-electron chi connectivity index (χ1n) is 9.12. The Bertz CT molecular complexity index is 1040. The van der Waals surface area contributed by atoms with E-state index in [1.165, 1.54) is 32.6 Å². The summed E-state index contributed by atoms with van der Waals surface area (Å²) < 4.78 is 29.2. The number of ether oxygens (including phenoxy) is 3. The fourth-order valence-corrected chi connectivity index (χ4v) is 2.65. The van der Waals surface area contributed by atoms with Crippen molar-refractivity contribution in [2.75, 3.05) is 14.2 Å². The molecule has 3 aromatic carbocycles. The quantitative estimate of drug-likeness (QED) is 0.448. The lowest BCUT2D eigenvalue weighted by atomic mass is 10.2. The number of hydrazone groups is 1. The van der Waals surface area contributed by atoms with Gasteiger partial charge in [-0.1, -0.05) is 12.1 Å². The Hall–Kier alpha value is -3.87. The number of benzene rings is 3. The minimum absolute atomic E-state index is 0.270. The van der Waals surface area contributed by atoms with Crippen molar-refractivity contribution < 1.29 is 23.4 Å². The molecule has 0 atom stereocenters. The third-order valence-electron chi connectivity index (χ3n) is 4.20. The summed E-state index contributed by atoms with van der Waals surface area (Å²) in [7, 11) is 3.03. The highest BCUT2D eigenvalue weighted by Crippen LogP contribution is 2.27. The maximum Gasteiger partial charge on any atom is 0.271 e. The number of hydrogen-bond acceptors (Lipinski definition) is 5. The summed E-state index contributed by atoms with van der Waals surface area (Å²) in [5.41, 5.74) is 4.39. The molecule has 0 saturated heterocycles. The van der Waals surface area contributed by atoms with E-state index in [4.69, 9.17) is 14.2 Å². The molecule has 0 spiro atoms. The average Bonchev–Trinajstić information content (AvgIpc) is 2.78. The van der Waals surface area contributed by atoms with Crippen LogP contribution in [0.15, 0.2) is 71.8 Å². The minimum atomic E-state index is -0.373. The van der Waals surface area contributed by atoms with Crippen molar-refractivity contribution in [2.24, 2.45) is 5.10 Å². The highest BCUT2D eigenvalue weighted by molar-refractivity contribution is 5.95. The molecule has 3 rings (SSSR count). The zero-order chi connectivity index (χ0) is 21.3. The molecular formula is C23H21FN2O4. The van der Waals surface area contributed by atoms with Gasteiger partial charge in [-0.2, -0.15) is 5.10 Å². The van der Waals surface area contributed by atoms with Crippen LogP contribution in [0.25, 0.3) is 0 Å². The molecule has 0 aliphatic heterocycles. The molecule has 0 radical (unpaired) electrons. The van der Waals surface area contributed by atoms with Gasteiger partial charge in [0, 0.05) is 5.56 Å². The van der Waals surface area contributed by atoms with Crippen LogP contribution in [-0.2, 0) is 6.61 Å². The molecule has 0 aliphatic carbocycles. The van der Waals surface area contributed by atoms with E-state index < -0.39 is 0 Å². The Labute approximate surface area is 173 Å². The molecule has 0 unspecified atom stereocenters. The van der Waals surface area contributed by atoms with E-state index in [-0.39, 0.29) is 18.3 Å². The summed E-state index contributed by atoms with van der Waals surface area (Å²) in [6, 6.07) is 18.3. The van der Waals surface area contributed by atoms with Gasteiger partial charge in [-0.15, -0.1) is 0 Å². The van der Waals surface area contributed by atoms with Crippen molar-refractivity contribution in [2.45, 2.75) is 6.61 Å². The summed E-state index contributed by atoms with van der Waals surface area (Å²) in [4.78, 5) is 12.2. The zero-order valence-corrected chi connectivity index (χ0v) is 16.6.